The fourth-order valence-corrected chi connectivity index (χ4v) is 4.47. The van der Waals surface area contributed by atoms with Gasteiger partial charge in [0.2, 0.25) is 0 Å². The first-order valence-electron chi connectivity index (χ1n) is 10.6. The lowest BCUT2D eigenvalue weighted by Crippen LogP contribution is -2.36. The van der Waals surface area contributed by atoms with Crippen LogP contribution in [0, 0.1) is 6.92 Å². The molecule has 31 heavy (non-hydrogen) atoms. The van der Waals surface area contributed by atoms with Gasteiger partial charge in [0.1, 0.15) is 11.9 Å². The van der Waals surface area contributed by atoms with E-state index < -0.39 is 6.10 Å². The van der Waals surface area contributed by atoms with Crippen LogP contribution in [0.4, 0.5) is 5.69 Å². The Morgan fingerprint density at radius 2 is 1.97 bits per heavy atom. The summed E-state index contributed by atoms with van der Waals surface area (Å²) in [6.07, 6.45) is 0.141. The zero-order valence-corrected chi connectivity index (χ0v) is 17.5. The summed E-state index contributed by atoms with van der Waals surface area (Å²) in [4.78, 5) is 21.9. The van der Waals surface area contributed by atoms with E-state index in [1.807, 2.05) is 25.1 Å². The minimum Gasteiger partial charge on any atom is -0.459 e. The first kappa shape index (κ1) is 19.6. The van der Waals surface area contributed by atoms with E-state index in [2.05, 4.69) is 46.3 Å². The van der Waals surface area contributed by atoms with Gasteiger partial charge in [0.05, 0.1) is 24.2 Å². The highest BCUT2D eigenvalue weighted by atomic mass is 16.5. The second-order valence-electron chi connectivity index (χ2n) is 7.92. The second kappa shape index (κ2) is 8.40. The molecule has 4 aromatic rings. The summed E-state index contributed by atoms with van der Waals surface area (Å²) in [6.45, 7) is 5.57. The fraction of sp³-hybridized carbons (Fsp3) is 0.280. The highest BCUT2D eigenvalue weighted by Crippen LogP contribution is 2.34. The number of carbonyl (C=O) groups is 1. The minimum atomic E-state index is -0.436. The summed E-state index contributed by atoms with van der Waals surface area (Å²) < 4.78 is 11.2. The Bertz CT molecular complexity index is 1220. The quantitative estimate of drug-likeness (QED) is 0.475. The van der Waals surface area contributed by atoms with E-state index >= 15 is 0 Å². The van der Waals surface area contributed by atoms with Gasteiger partial charge in [-0.3, -0.25) is 4.79 Å². The molecule has 1 saturated heterocycles. The van der Waals surface area contributed by atoms with Gasteiger partial charge in [-0.1, -0.05) is 42.5 Å². The van der Waals surface area contributed by atoms with Crippen LogP contribution in [0.15, 0.2) is 54.6 Å². The molecule has 2 heterocycles. The molecule has 1 unspecified atom stereocenters. The maximum Gasteiger partial charge on any atom is 0.293 e. The molecule has 0 spiro atoms. The van der Waals surface area contributed by atoms with Crippen molar-refractivity contribution in [1.29, 1.82) is 0 Å². The Morgan fingerprint density at radius 3 is 2.81 bits per heavy atom. The number of hydrogen-bond donors (Lipinski definition) is 1. The van der Waals surface area contributed by atoms with Crippen LogP contribution in [-0.4, -0.2) is 42.7 Å². The Labute approximate surface area is 180 Å². The van der Waals surface area contributed by atoms with Crippen LogP contribution in [-0.2, 0) is 20.7 Å². The number of aromatic amines is 1. The maximum absolute atomic E-state index is 11.5. The molecule has 0 amide bonds. The lowest BCUT2D eigenvalue weighted by atomic mass is 9.95. The summed E-state index contributed by atoms with van der Waals surface area (Å²) in [6, 6.07) is 18.8. The van der Waals surface area contributed by atoms with Crippen LogP contribution in [0.3, 0.4) is 0 Å². The van der Waals surface area contributed by atoms with Gasteiger partial charge in [-0.25, -0.2) is 4.98 Å². The molecule has 158 valence electrons. The van der Waals surface area contributed by atoms with E-state index in [0.29, 0.717) is 26.1 Å². The molecule has 1 aliphatic heterocycles. The summed E-state index contributed by atoms with van der Waals surface area (Å²) in [5, 5.41) is 2.34. The molecule has 1 fully saturated rings. The smallest absolute Gasteiger partial charge is 0.293 e. The van der Waals surface area contributed by atoms with Crippen molar-refractivity contribution in [2.75, 3.05) is 31.2 Å². The van der Waals surface area contributed by atoms with E-state index in [1.165, 1.54) is 10.8 Å². The third-order valence-corrected chi connectivity index (χ3v) is 5.95. The van der Waals surface area contributed by atoms with Gasteiger partial charge in [0, 0.05) is 30.8 Å². The zero-order chi connectivity index (χ0) is 21.2. The SMILES string of the molecule is Cc1nc2c(C(Cc3cccc4ccccc34)OC=O)cc(N3CCOCC3)cc2[nH]1. The first-order chi connectivity index (χ1) is 15.2. The number of nitrogens with zero attached hydrogens (tertiary/aromatic N) is 2. The molecule has 0 bridgehead atoms. The lowest BCUT2D eigenvalue weighted by molar-refractivity contribution is -0.133. The number of imidazole rings is 1. The van der Waals surface area contributed by atoms with Crippen molar-refractivity contribution in [3.05, 3.63) is 71.5 Å². The number of aryl methyl sites for hydroxylation is 1. The number of fused-ring (bicyclic) bond motifs is 2. The molecule has 5 rings (SSSR count). The molecule has 0 aliphatic carbocycles. The summed E-state index contributed by atoms with van der Waals surface area (Å²) in [5.74, 6) is 0.838. The van der Waals surface area contributed by atoms with Gasteiger partial charge < -0.3 is 19.4 Å². The van der Waals surface area contributed by atoms with Gasteiger partial charge in [0.25, 0.3) is 6.47 Å². The van der Waals surface area contributed by atoms with Gasteiger partial charge in [0.15, 0.2) is 0 Å². The molecule has 3 aromatic carbocycles. The van der Waals surface area contributed by atoms with Crippen molar-refractivity contribution in [2.24, 2.45) is 0 Å². The average Bonchev–Trinajstić information content (AvgIpc) is 3.19. The van der Waals surface area contributed by atoms with Gasteiger partial charge in [-0.2, -0.15) is 0 Å². The van der Waals surface area contributed by atoms with Crippen molar-refractivity contribution >= 4 is 34.0 Å². The third-order valence-electron chi connectivity index (χ3n) is 5.95. The number of anilines is 1. The number of morpholine rings is 1. The standard InChI is InChI=1S/C25H25N3O3/c1-17-26-23-15-20(28-9-11-30-12-10-28)14-22(25(23)27-17)24(31-16-29)13-19-7-4-6-18-5-2-3-8-21(18)19/h2-8,14-16,24H,9-13H2,1H3,(H,26,27). The first-order valence-corrected chi connectivity index (χ1v) is 10.6. The number of H-pyrrole nitrogens is 1. The number of rotatable bonds is 6. The molecule has 6 heteroatoms. The molecule has 1 aliphatic rings. The van der Waals surface area contributed by atoms with Crippen LogP contribution in [0.25, 0.3) is 21.8 Å². The highest BCUT2D eigenvalue weighted by molar-refractivity contribution is 5.86. The topological polar surface area (TPSA) is 67.4 Å². The molecule has 1 aromatic heterocycles. The molecule has 0 saturated carbocycles. The monoisotopic (exact) mass is 415 g/mol. The third kappa shape index (κ3) is 3.86. The van der Waals surface area contributed by atoms with Crippen LogP contribution < -0.4 is 4.90 Å². The molecule has 1 N–H and O–H groups in total. The Morgan fingerprint density at radius 1 is 1.16 bits per heavy atom. The van der Waals surface area contributed by atoms with Crippen molar-refractivity contribution in [3.8, 4) is 0 Å². The Balaban J connectivity index is 1.60. The second-order valence-corrected chi connectivity index (χ2v) is 7.92. The minimum absolute atomic E-state index is 0.436. The van der Waals surface area contributed by atoms with Gasteiger partial charge >= 0.3 is 0 Å². The van der Waals surface area contributed by atoms with Crippen molar-refractivity contribution < 1.29 is 14.3 Å². The molecular weight excluding hydrogens is 390 g/mol. The van der Waals surface area contributed by atoms with Crippen molar-refractivity contribution in [1.82, 2.24) is 9.97 Å². The molecule has 0 radical (unpaired) electrons. The Kier molecular flexibility index (Phi) is 5.30. The number of ether oxygens (including phenoxy) is 2. The number of hydrogen-bond acceptors (Lipinski definition) is 5. The van der Waals surface area contributed by atoms with Gasteiger partial charge in [-0.05, 0) is 35.4 Å². The summed E-state index contributed by atoms with van der Waals surface area (Å²) in [5.41, 5.74) is 4.95. The largest absolute Gasteiger partial charge is 0.459 e. The van der Waals surface area contributed by atoms with Crippen LogP contribution >= 0.6 is 0 Å². The highest BCUT2D eigenvalue weighted by Gasteiger charge is 2.23. The lowest BCUT2D eigenvalue weighted by Gasteiger charge is -2.30. The van der Waals surface area contributed by atoms with Crippen LogP contribution in [0.1, 0.15) is 23.1 Å². The molecular formula is C25H25N3O3. The van der Waals surface area contributed by atoms with E-state index in [1.54, 1.807) is 0 Å². The number of carbonyl (C=O) groups excluding carboxylic acids is 1. The number of nitrogens with one attached hydrogen (secondary N) is 1. The molecule has 6 nitrogen and oxygen atoms in total. The van der Waals surface area contributed by atoms with E-state index in [0.717, 1.165) is 46.8 Å². The van der Waals surface area contributed by atoms with E-state index in [9.17, 15) is 4.79 Å². The average molecular weight is 415 g/mol. The Hall–Kier alpha value is -3.38. The number of aromatic nitrogens is 2. The van der Waals surface area contributed by atoms with Crippen LogP contribution in [0.2, 0.25) is 0 Å². The van der Waals surface area contributed by atoms with E-state index in [-0.39, 0.29) is 0 Å². The number of benzene rings is 3. The van der Waals surface area contributed by atoms with Crippen molar-refractivity contribution in [2.45, 2.75) is 19.4 Å². The summed E-state index contributed by atoms with van der Waals surface area (Å²) in [7, 11) is 0. The van der Waals surface area contributed by atoms with Gasteiger partial charge in [-0.15, -0.1) is 0 Å². The fourth-order valence-electron chi connectivity index (χ4n) is 4.47. The van der Waals surface area contributed by atoms with Crippen LogP contribution in [0.5, 0.6) is 0 Å². The molecule has 1 atom stereocenters. The predicted molar refractivity (Wildman–Crippen MR) is 121 cm³/mol. The van der Waals surface area contributed by atoms with Crippen molar-refractivity contribution in [3.63, 3.8) is 0 Å². The normalized spacial score (nSPS) is 15.3. The maximum atomic E-state index is 11.5. The van der Waals surface area contributed by atoms with E-state index in [4.69, 9.17) is 14.5 Å². The zero-order valence-electron chi connectivity index (χ0n) is 17.5. The summed E-state index contributed by atoms with van der Waals surface area (Å²) >= 11 is 0. The predicted octanol–water partition coefficient (Wildman–Crippen LogP) is 4.32.